The molecular formula is C18H26S. The maximum absolute atomic E-state index is 2.27. The van der Waals surface area contributed by atoms with Gasteiger partial charge in [-0.15, -0.1) is 11.3 Å². The minimum atomic E-state index is 0.632. The second-order valence-electron chi connectivity index (χ2n) is 4.76. The van der Waals surface area contributed by atoms with E-state index in [2.05, 4.69) is 57.2 Å². The van der Waals surface area contributed by atoms with Crippen molar-refractivity contribution in [3.63, 3.8) is 0 Å². The fourth-order valence-electron chi connectivity index (χ4n) is 2.06. The van der Waals surface area contributed by atoms with Crippen molar-refractivity contribution in [1.29, 1.82) is 0 Å². The first-order valence-corrected chi connectivity index (χ1v) is 8.22. The van der Waals surface area contributed by atoms with Gasteiger partial charge in [-0.2, -0.15) is 0 Å². The molecule has 0 amide bonds. The van der Waals surface area contributed by atoms with Gasteiger partial charge < -0.3 is 0 Å². The summed E-state index contributed by atoms with van der Waals surface area (Å²) >= 11 is 1.93. The van der Waals surface area contributed by atoms with Crippen LogP contribution < -0.4 is 0 Å². The Balaban J connectivity index is 0.000000861. The molecule has 1 heteroatoms. The van der Waals surface area contributed by atoms with E-state index in [0.29, 0.717) is 5.92 Å². The fourth-order valence-corrected chi connectivity index (χ4v) is 3.13. The zero-order valence-electron chi connectivity index (χ0n) is 12.9. The lowest BCUT2D eigenvalue weighted by atomic mass is 10.0. The van der Waals surface area contributed by atoms with Crippen LogP contribution in [0.5, 0.6) is 0 Å². The molecule has 1 aromatic carbocycles. The van der Waals surface area contributed by atoms with E-state index in [0.717, 1.165) is 0 Å². The molecule has 0 radical (unpaired) electrons. The molecule has 104 valence electrons. The lowest BCUT2D eigenvalue weighted by Crippen LogP contribution is -1.86. The molecule has 0 saturated carbocycles. The van der Waals surface area contributed by atoms with Crippen LogP contribution in [-0.4, -0.2) is 0 Å². The summed E-state index contributed by atoms with van der Waals surface area (Å²) in [6.45, 7) is 10.8. The molecule has 0 unspecified atom stereocenters. The molecule has 2 aromatic rings. The third-order valence-electron chi connectivity index (χ3n) is 3.00. The van der Waals surface area contributed by atoms with Crippen LogP contribution in [0.1, 0.15) is 57.4 Å². The predicted molar refractivity (Wildman–Crippen MR) is 89.2 cm³/mol. The van der Waals surface area contributed by atoms with E-state index < -0.39 is 0 Å². The molecular weight excluding hydrogens is 248 g/mol. The Morgan fingerprint density at radius 1 is 1.00 bits per heavy atom. The van der Waals surface area contributed by atoms with Crippen molar-refractivity contribution in [2.75, 3.05) is 0 Å². The van der Waals surface area contributed by atoms with E-state index in [9.17, 15) is 0 Å². The van der Waals surface area contributed by atoms with Crippen LogP contribution in [-0.2, 0) is 6.42 Å². The summed E-state index contributed by atoms with van der Waals surface area (Å²) in [5.41, 5.74) is 2.90. The quantitative estimate of drug-likeness (QED) is 0.595. The van der Waals surface area contributed by atoms with Crippen molar-refractivity contribution in [2.24, 2.45) is 0 Å². The van der Waals surface area contributed by atoms with Crippen LogP contribution in [0.3, 0.4) is 0 Å². The number of hydrogen-bond donors (Lipinski definition) is 0. The zero-order valence-corrected chi connectivity index (χ0v) is 13.7. The summed E-state index contributed by atoms with van der Waals surface area (Å²) in [5, 5.41) is 0. The van der Waals surface area contributed by atoms with Crippen molar-refractivity contribution in [2.45, 2.75) is 53.4 Å². The fraction of sp³-hybridized carbons (Fsp3) is 0.444. The molecule has 0 saturated heterocycles. The number of aryl methyl sites for hydroxylation is 1. The minimum Gasteiger partial charge on any atom is -0.140 e. The molecule has 0 atom stereocenters. The van der Waals surface area contributed by atoms with Crippen molar-refractivity contribution in [3.05, 3.63) is 46.8 Å². The second kappa shape index (κ2) is 8.16. The first kappa shape index (κ1) is 16.0. The molecule has 0 aliphatic heterocycles. The van der Waals surface area contributed by atoms with Gasteiger partial charge in [-0.1, -0.05) is 65.3 Å². The second-order valence-corrected chi connectivity index (χ2v) is 5.88. The lowest BCUT2D eigenvalue weighted by molar-refractivity contribution is 0.890. The van der Waals surface area contributed by atoms with Gasteiger partial charge in [0, 0.05) is 9.75 Å². The van der Waals surface area contributed by atoms with Gasteiger partial charge in [0.1, 0.15) is 0 Å². The SMILES string of the molecule is CC.CCCc1ccccc1-c1ccc(C(C)C)s1. The standard InChI is InChI=1S/C16H20S.C2H6/c1-4-7-13-8-5-6-9-14(13)16-11-10-15(17-16)12(2)3;1-2/h5-6,8-12H,4,7H2,1-3H3;1-2H3. The van der Waals surface area contributed by atoms with Gasteiger partial charge in [0.25, 0.3) is 0 Å². The largest absolute Gasteiger partial charge is 0.140 e. The summed E-state index contributed by atoms with van der Waals surface area (Å²) in [4.78, 5) is 2.89. The molecule has 1 aromatic heterocycles. The van der Waals surface area contributed by atoms with Crippen LogP contribution in [0.4, 0.5) is 0 Å². The van der Waals surface area contributed by atoms with Crippen LogP contribution in [0.2, 0.25) is 0 Å². The van der Waals surface area contributed by atoms with Crippen molar-refractivity contribution in [3.8, 4) is 10.4 Å². The molecule has 0 N–H and O–H groups in total. The van der Waals surface area contributed by atoms with E-state index in [1.54, 1.807) is 0 Å². The highest BCUT2D eigenvalue weighted by Crippen LogP contribution is 2.34. The average Bonchev–Trinajstić information content (AvgIpc) is 2.92. The van der Waals surface area contributed by atoms with E-state index in [1.807, 2.05) is 25.2 Å². The van der Waals surface area contributed by atoms with Crippen LogP contribution in [0, 0.1) is 0 Å². The van der Waals surface area contributed by atoms with E-state index in [1.165, 1.54) is 33.7 Å². The summed E-state index contributed by atoms with van der Waals surface area (Å²) in [6.07, 6.45) is 2.38. The Morgan fingerprint density at radius 3 is 2.26 bits per heavy atom. The van der Waals surface area contributed by atoms with Crippen LogP contribution in [0.25, 0.3) is 10.4 Å². The van der Waals surface area contributed by atoms with Crippen LogP contribution in [0.15, 0.2) is 36.4 Å². The highest BCUT2D eigenvalue weighted by Gasteiger charge is 2.08. The van der Waals surface area contributed by atoms with Crippen molar-refractivity contribution >= 4 is 11.3 Å². The summed E-state index contributed by atoms with van der Waals surface area (Å²) in [7, 11) is 0. The molecule has 0 nitrogen and oxygen atoms in total. The van der Waals surface area contributed by atoms with E-state index >= 15 is 0 Å². The monoisotopic (exact) mass is 274 g/mol. The van der Waals surface area contributed by atoms with Gasteiger partial charge in [-0.05, 0) is 35.6 Å². The minimum absolute atomic E-state index is 0.632. The van der Waals surface area contributed by atoms with Gasteiger partial charge >= 0.3 is 0 Å². The van der Waals surface area contributed by atoms with Gasteiger partial charge in [-0.25, -0.2) is 0 Å². The molecule has 0 bridgehead atoms. The number of rotatable bonds is 4. The van der Waals surface area contributed by atoms with Gasteiger partial charge in [0.15, 0.2) is 0 Å². The third-order valence-corrected chi connectivity index (χ3v) is 4.42. The number of thiophene rings is 1. The Bertz CT molecular complexity index is 480. The maximum Gasteiger partial charge on any atom is 0.0348 e. The van der Waals surface area contributed by atoms with Crippen LogP contribution >= 0.6 is 11.3 Å². The molecule has 0 aliphatic carbocycles. The van der Waals surface area contributed by atoms with Crippen molar-refractivity contribution in [1.82, 2.24) is 0 Å². The molecule has 1 heterocycles. The zero-order chi connectivity index (χ0) is 14.3. The molecule has 19 heavy (non-hydrogen) atoms. The smallest absolute Gasteiger partial charge is 0.0348 e. The van der Waals surface area contributed by atoms with Gasteiger partial charge in [0.2, 0.25) is 0 Å². The predicted octanol–water partition coefficient (Wildman–Crippen LogP) is 6.52. The summed E-state index contributed by atoms with van der Waals surface area (Å²) in [6, 6.07) is 13.3. The third kappa shape index (κ3) is 4.21. The maximum atomic E-state index is 2.27. The Kier molecular flexibility index (Phi) is 6.86. The van der Waals surface area contributed by atoms with E-state index in [-0.39, 0.29) is 0 Å². The number of benzene rings is 1. The molecule has 0 fully saturated rings. The van der Waals surface area contributed by atoms with Gasteiger partial charge in [-0.3, -0.25) is 0 Å². The number of hydrogen-bond acceptors (Lipinski definition) is 1. The average molecular weight is 274 g/mol. The summed E-state index contributed by atoms with van der Waals surface area (Å²) in [5.74, 6) is 0.632. The normalized spacial score (nSPS) is 10.2. The van der Waals surface area contributed by atoms with Crippen molar-refractivity contribution < 1.29 is 0 Å². The lowest BCUT2D eigenvalue weighted by Gasteiger charge is -2.06. The highest BCUT2D eigenvalue weighted by atomic mass is 32.1. The topological polar surface area (TPSA) is 0 Å². The molecule has 0 spiro atoms. The molecule has 0 aliphatic rings. The first-order valence-electron chi connectivity index (χ1n) is 7.40. The van der Waals surface area contributed by atoms with E-state index in [4.69, 9.17) is 0 Å². The first-order chi connectivity index (χ1) is 9.22. The Hall–Kier alpha value is -1.08. The summed E-state index contributed by atoms with van der Waals surface area (Å²) < 4.78 is 0. The highest BCUT2D eigenvalue weighted by molar-refractivity contribution is 7.15. The Labute approximate surface area is 122 Å². The molecule has 2 rings (SSSR count). The Morgan fingerprint density at radius 2 is 1.68 bits per heavy atom. The van der Waals surface area contributed by atoms with Gasteiger partial charge in [0.05, 0.1) is 0 Å².